The van der Waals surface area contributed by atoms with Crippen LogP contribution in [0.2, 0.25) is 5.02 Å². The molecule has 1 aromatic heterocycles. The van der Waals surface area contributed by atoms with Crippen molar-refractivity contribution in [2.75, 3.05) is 31.4 Å². The van der Waals surface area contributed by atoms with Gasteiger partial charge in [0.05, 0.1) is 18.2 Å². The molecule has 0 spiro atoms. The molecule has 0 aliphatic carbocycles. The van der Waals surface area contributed by atoms with Crippen LogP contribution in [0.4, 0.5) is 8.78 Å². The molecule has 0 saturated heterocycles. The summed E-state index contributed by atoms with van der Waals surface area (Å²) in [7, 11) is 0. The zero-order valence-corrected chi connectivity index (χ0v) is 17.8. The summed E-state index contributed by atoms with van der Waals surface area (Å²) in [6.45, 7) is 2.52. The van der Waals surface area contributed by atoms with E-state index < -0.39 is 52.3 Å². The van der Waals surface area contributed by atoms with Crippen LogP contribution < -0.4 is 21.1 Å². The van der Waals surface area contributed by atoms with E-state index in [9.17, 15) is 28.3 Å². The molecule has 32 heavy (non-hydrogen) atoms. The van der Waals surface area contributed by atoms with Crippen molar-refractivity contribution in [1.82, 2.24) is 15.3 Å². The van der Waals surface area contributed by atoms with E-state index in [0.717, 1.165) is 24.8 Å². The van der Waals surface area contributed by atoms with Crippen LogP contribution in [0, 0.1) is 11.6 Å². The summed E-state index contributed by atoms with van der Waals surface area (Å²) < 4.78 is 34.6. The van der Waals surface area contributed by atoms with E-state index in [1.807, 2.05) is 6.92 Å². The molecule has 0 fully saturated rings. The first-order chi connectivity index (χ1) is 15.3. The molecule has 2 heterocycles. The number of aromatic nitrogens is 1. The molecule has 0 radical (unpaired) electrons. The van der Waals surface area contributed by atoms with Gasteiger partial charge in [0.1, 0.15) is 23.9 Å². The highest BCUT2D eigenvalue weighted by Gasteiger charge is 2.29. The van der Waals surface area contributed by atoms with Crippen LogP contribution in [0.25, 0.3) is 0 Å². The zero-order chi connectivity index (χ0) is 23.4. The number of amides is 2. The van der Waals surface area contributed by atoms with Crippen LogP contribution in [0.5, 0.6) is 5.75 Å². The van der Waals surface area contributed by atoms with Gasteiger partial charge in [0.2, 0.25) is 5.43 Å². The minimum absolute atomic E-state index is 0.0453. The number of pyridine rings is 1. The maximum Gasteiger partial charge on any atom is 0.275 e. The number of nitrogens with zero attached hydrogens (tertiary/aromatic N) is 2. The summed E-state index contributed by atoms with van der Waals surface area (Å²) in [5.74, 6) is -4.57. The molecule has 2 amide bonds. The molecule has 1 aliphatic heterocycles. The van der Waals surface area contributed by atoms with Gasteiger partial charge in [-0.05, 0) is 18.6 Å². The normalized spacial score (nSPS) is 13.0. The van der Waals surface area contributed by atoms with Crippen LogP contribution in [-0.2, 0) is 11.3 Å². The van der Waals surface area contributed by atoms with Gasteiger partial charge in [0.15, 0.2) is 11.4 Å². The molecule has 0 bridgehead atoms. The molecule has 1 aliphatic rings. The lowest BCUT2D eigenvalue weighted by Gasteiger charge is -2.33. The molecule has 12 heteroatoms. The summed E-state index contributed by atoms with van der Waals surface area (Å²) in [6, 6.07) is 1.99. The fourth-order valence-electron chi connectivity index (χ4n) is 3.11. The van der Waals surface area contributed by atoms with Crippen molar-refractivity contribution in [2.45, 2.75) is 19.9 Å². The second-order valence-corrected chi connectivity index (χ2v) is 7.33. The van der Waals surface area contributed by atoms with Gasteiger partial charge in [-0.15, -0.1) is 0 Å². The number of benzene rings is 1. The maximum absolute atomic E-state index is 14.1. The first-order valence-corrected chi connectivity index (χ1v) is 10.1. The average Bonchev–Trinajstić information content (AvgIpc) is 2.77. The van der Waals surface area contributed by atoms with Crippen LogP contribution in [0.3, 0.4) is 0 Å². The SMILES string of the molecule is CCCOCCN1CNC(=O)c2c(O)c(=O)c(C(=O)NCc3c(F)ccc(Cl)c3F)cn21. The Hall–Kier alpha value is -3.18. The molecule has 172 valence electrons. The van der Waals surface area contributed by atoms with Gasteiger partial charge in [-0.25, -0.2) is 8.78 Å². The molecule has 1 aromatic carbocycles. The average molecular weight is 471 g/mol. The zero-order valence-electron chi connectivity index (χ0n) is 17.1. The van der Waals surface area contributed by atoms with Crippen molar-refractivity contribution >= 4 is 23.4 Å². The van der Waals surface area contributed by atoms with Crippen LogP contribution >= 0.6 is 11.6 Å². The fourth-order valence-corrected chi connectivity index (χ4v) is 3.28. The Morgan fingerprint density at radius 2 is 2.06 bits per heavy atom. The quantitative estimate of drug-likeness (QED) is 0.398. The van der Waals surface area contributed by atoms with Crippen LogP contribution in [-0.4, -0.2) is 48.0 Å². The highest BCUT2D eigenvalue weighted by Crippen LogP contribution is 2.21. The van der Waals surface area contributed by atoms with E-state index in [0.29, 0.717) is 13.2 Å². The summed E-state index contributed by atoms with van der Waals surface area (Å²) in [6.07, 6.45) is 1.91. The van der Waals surface area contributed by atoms with Crippen molar-refractivity contribution < 1.29 is 28.2 Å². The van der Waals surface area contributed by atoms with Gasteiger partial charge in [-0.2, -0.15) is 0 Å². The first kappa shape index (κ1) is 23.5. The summed E-state index contributed by atoms with van der Waals surface area (Å²) in [5.41, 5.74) is -2.43. The third-order valence-electron chi connectivity index (χ3n) is 4.76. The smallest absolute Gasteiger partial charge is 0.275 e. The van der Waals surface area contributed by atoms with E-state index >= 15 is 0 Å². The molecular weight excluding hydrogens is 450 g/mol. The Kier molecular flexibility index (Phi) is 7.31. The van der Waals surface area contributed by atoms with Crippen molar-refractivity contribution in [3.05, 3.63) is 62.0 Å². The molecule has 0 atom stereocenters. The minimum Gasteiger partial charge on any atom is -0.502 e. The topological polar surface area (TPSA) is 113 Å². The number of rotatable bonds is 8. The lowest BCUT2D eigenvalue weighted by molar-refractivity contribution is 0.0899. The lowest BCUT2D eigenvalue weighted by atomic mass is 10.1. The maximum atomic E-state index is 14.1. The van der Waals surface area contributed by atoms with E-state index in [-0.39, 0.29) is 23.9 Å². The number of carbonyl (C=O) groups excluding carboxylic acids is 2. The Balaban J connectivity index is 1.88. The highest BCUT2D eigenvalue weighted by atomic mass is 35.5. The second-order valence-electron chi connectivity index (χ2n) is 6.92. The summed E-state index contributed by atoms with van der Waals surface area (Å²) in [5, 5.41) is 16.3. The highest BCUT2D eigenvalue weighted by molar-refractivity contribution is 6.30. The van der Waals surface area contributed by atoms with Gasteiger partial charge < -0.3 is 20.5 Å². The number of aromatic hydroxyl groups is 1. The second kappa shape index (κ2) is 9.96. The van der Waals surface area contributed by atoms with Crippen molar-refractivity contribution in [3.8, 4) is 5.75 Å². The fraction of sp³-hybridized carbons (Fsp3) is 0.350. The van der Waals surface area contributed by atoms with E-state index in [2.05, 4.69) is 10.6 Å². The largest absolute Gasteiger partial charge is 0.502 e. The standard InChI is InChI=1S/C20H21ClF2N4O5/c1-2-6-32-7-5-26-10-25-20(31)16-18(29)17(28)12(9-27(16)26)19(30)24-8-11-14(22)4-3-13(21)15(11)23/h3-4,9,29H,2,5-8,10H2,1H3,(H,24,30)(H,25,31). The minimum atomic E-state index is -1.10. The molecular formula is C20H21ClF2N4O5. The summed E-state index contributed by atoms with van der Waals surface area (Å²) >= 11 is 5.64. The van der Waals surface area contributed by atoms with E-state index in [1.54, 1.807) is 5.01 Å². The van der Waals surface area contributed by atoms with Gasteiger partial charge in [0, 0.05) is 24.9 Å². The number of hydrogen-bond acceptors (Lipinski definition) is 6. The molecule has 2 aromatic rings. The van der Waals surface area contributed by atoms with Crippen molar-refractivity contribution in [3.63, 3.8) is 0 Å². The number of hydrogen-bond donors (Lipinski definition) is 3. The summed E-state index contributed by atoms with van der Waals surface area (Å²) in [4.78, 5) is 37.3. The predicted octanol–water partition coefficient (Wildman–Crippen LogP) is 1.48. The van der Waals surface area contributed by atoms with Crippen molar-refractivity contribution in [2.24, 2.45) is 0 Å². The molecule has 9 nitrogen and oxygen atoms in total. The Morgan fingerprint density at radius 3 is 2.78 bits per heavy atom. The van der Waals surface area contributed by atoms with E-state index in [4.69, 9.17) is 16.3 Å². The molecule has 0 unspecified atom stereocenters. The van der Waals surface area contributed by atoms with Crippen LogP contribution in [0.15, 0.2) is 23.1 Å². The third kappa shape index (κ3) is 4.68. The number of fused-ring (bicyclic) bond motifs is 1. The monoisotopic (exact) mass is 470 g/mol. The Labute approximate surface area is 186 Å². The number of ether oxygens (including phenoxy) is 1. The Morgan fingerprint density at radius 1 is 1.31 bits per heavy atom. The van der Waals surface area contributed by atoms with Crippen molar-refractivity contribution in [1.29, 1.82) is 0 Å². The lowest BCUT2D eigenvalue weighted by Crippen LogP contribution is -2.53. The molecule has 0 saturated carbocycles. The number of nitrogens with one attached hydrogen (secondary N) is 2. The first-order valence-electron chi connectivity index (χ1n) is 9.76. The van der Waals surface area contributed by atoms with Gasteiger partial charge in [0.25, 0.3) is 11.8 Å². The molecule has 3 rings (SSSR count). The Bertz CT molecular complexity index is 1110. The number of carbonyl (C=O) groups is 2. The predicted molar refractivity (Wildman–Crippen MR) is 111 cm³/mol. The van der Waals surface area contributed by atoms with Gasteiger partial charge in [-0.3, -0.25) is 24.1 Å². The van der Waals surface area contributed by atoms with E-state index in [1.165, 1.54) is 4.68 Å². The third-order valence-corrected chi connectivity index (χ3v) is 5.05. The van der Waals surface area contributed by atoms with Gasteiger partial charge >= 0.3 is 0 Å². The van der Waals surface area contributed by atoms with Crippen LogP contribution in [0.1, 0.15) is 39.8 Å². The number of halogens is 3. The van der Waals surface area contributed by atoms with Gasteiger partial charge in [-0.1, -0.05) is 18.5 Å². The molecule has 3 N–H and O–H groups in total.